The highest BCUT2D eigenvalue weighted by molar-refractivity contribution is 5.73. The quantitative estimate of drug-likeness (QED) is 0.375. The van der Waals surface area contributed by atoms with Crippen LogP contribution in [-0.4, -0.2) is 57.2 Å². The van der Waals surface area contributed by atoms with Crippen molar-refractivity contribution in [2.45, 2.75) is 18.9 Å². The fraction of sp³-hybridized carbons (Fsp3) is 0.800. The number of hydrogen-bond donors (Lipinski definition) is 0. The van der Waals surface area contributed by atoms with E-state index in [0.717, 1.165) is 19.4 Å². The molecule has 0 aromatic heterocycles. The minimum atomic E-state index is -0.311. The fourth-order valence-corrected chi connectivity index (χ4v) is 1.67. The Morgan fingerprint density at radius 2 is 2.40 bits per heavy atom. The van der Waals surface area contributed by atoms with E-state index in [2.05, 4.69) is 14.6 Å². The molecule has 0 aromatic rings. The molecule has 0 saturated carbocycles. The first-order valence-electron chi connectivity index (χ1n) is 5.09. The molecule has 1 atom stereocenters. The molecule has 1 heterocycles. The van der Waals surface area contributed by atoms with Gasteiger partial charge in [-0.05, 0) is 12.8 Å². The third-order valence-electron chi connectivity index (χ3n) is 2.46. The highest BCUT2D eigenvalue weighted by Crippen LogP contribution is 2.15. The van der Waals surface area contributed by atoms with Crippen LogP contribution in [0.4, 0.5) is 0 Å². The zero-order valence-electron chi connectivity index (χ0n) is 9.31. The third-order valence-corrected chi connectivity index (χ3v) is 2.46. The van der Waals surface area contributed by atoms with E-state index >= 15 is 0 Å². The van der Waals surface area contributed by atoms with Crippen LogP contribution in [0.1, 0.15) is 12.8 Å². The average Bonchev–Trinajstić information content (AvgIpc) is 2.66. The number of rotatable bonds is 5. The predicted molar refractivity (Wildman–Crippen MR) is 57.0 cm³/mol. The van der Waals surface area contributed by atoms with Gasteiger partial charge in [0, 0.05) is 13.7 Å². The molecule has 1 aliphatic heterocycles. The highest BCUT2D eigenvalue weighted by Gasteiger charge is 2.21. The summed E-state index contributed by atoms with van der Waals surface area (Å²) in [5.74, 6) is -0.311. The molecule has 0 radical (unpaired) electrons. The van der Waals surface area contributed by atoms with Gasteiger partial charge < -0.3 is 14.4 Å². The van der Waals surface area contributed by atoms with E-state index < -0.39 is 0 Å². The van der Waals surface area contributed by atoms with E-state index in [0.29, 0.717) is 12.6 Å². The summed E-state index contributed by atoms with van der Waals surface area (Å²) in [7, 11) is 3.06. The van der Waals surface area contributed by atoms with Crippen molar-refractivity contribution in [3.63, 3.8) is 0 Å². The predicted octanol–water partition coefficient (Wildman–Crippen LogP) is 0.298. The van der Waals surface area contributed by atoms with E-state index in [-0.39, 0.29) is 12.5 Å². The smallest absolute Gasteiger partial charge is 0.327 e. The minimum Gasteiger partial charge on any atom is -0.468 e. The molecule has 0 aromatic carbocycles. The Bertz CT molecular complexity index is 231. The molecule has 0 bridgehead atoms. The van der Waals surface area contributed by atoms with Crippen molar-refractivity contribution < 1.29 is 14.3 Å². The van der Waals surface area contributed by atoms with E-state index in [1.54, 1.807) is 13.4 Å². The number of ether oxygens (including phenoxy) is 2. The van der Waals surface area contributed by atoms with Crippen molar-refractivity contribution >= 4 is 12.3 Å². The summed E-state index contributed by atoms with van der Waals surface area (Å²) in [6, 6.07) is 0.399. The lowest BCUT2D eigenvalue weighted by molar-refractivity contribution is -0.138. The number of methoxy groups -OCH3 is 2. The third kappa shape index (κ3) is 3.87. The minimum absolute atomic E-state index is 0.0900. The number of hydrogen-bond acceptors (Lipinski definition) is 4. The van der Waals surface area contributed by atoms with Crippen molar-refractivity contribution in [1.29, 1.82) is 0 Å². The fourth-order valence-electron chi connectivity index (χ4n) is 1.67. The summed E-state index contributed by atoms with van der Waals surface area (Å²) in [5, 5.41) is 0. The van der Waals surface area contributed by atoms with Crippen molar-refractivity contribution in [3.8, 4) is 0 Å². The van der Waals surface area contributed by atoms with E-state index in [9.17, 15) is 4.79 Å². The molecular weight excluding hydrogens is 196 g/mol. The first-order chi connectivity index (χ1) is 7.27. The van der Waals surface area contributed by atoms with Crippen molar-refractivity contribution in [3.05, 3.63) is 0 Å². The Balaban J connectivity index is 2.32. The number of esters is 1. The molecule has 0 unspecified atom stereocenters. The Morgan fingerprint density at radius 3 is 3.07 bits per heavy atom. The van der Waals surface area contributed by atoms with Gasteiger partial charge in [0.05, 0.1) is 26.1 Å². The molecule has 15 heavy (non-hydrogen) atoms. The van der Waals surface area contributed by atoms with Gasteiger partial charge in [-0.2, -0.15) is 0 Å². The standard InChI is InChI=1S/C10H18N2O3/c1-14-7-9-4-3-5-12(9)8-11-6-10(13)15-2/h8-9H,3-7H2,1-2H3/t9-/m0/s1. The van der Waals surface area contributed by atoms with E-state index in [4.69, 9.17) is 4.74 Å². The largest absolute Gasteiger partial charge is 0.468 e. The molecule has 1 aliphatic rings. The second-order valence-electron chi connectivity index (χ2n) is 3.52. The Kier molecular flexibility index (Phi) is 5.10. The maximum atomic E-state index is 10.8. The average molecular weight is 214 g/mol. The molecule has 86 valence electrons. The topological polar surface area (TPSA) is 51.1 Å². The molecule has 1 fully saturated rings. The molecule has 5 heteroatoms. The van der Waals surface area contributed by atoms with Crippen LogP contribution in [0.25, 0.3) is 0 Å². The van der Waals surface area contributed by atoms with Crippen LogP contribution in [0.2, 0.25) is 0 Å². The van der Waals surface area contributed by atoms with E-state index in [1.807, 2.05) is 0 Å². The molecular formula is C10H18N2O3. The van der Waals surface area contributed by atoms with Gasteiger partial charge in [0.1, 0.15) is 6.54 Å². The number of carbonyl (C=O) groups excluding carboxylic acids is 1. The van der Waals surface area contributed by atoms with Gasteiger partial charge in [0.25, 0.3) is 0 Å². The molecule has 0 amide bonds. The highest BCUT2D eigenvalue weighted by atomic mass is 16.5. The lowest BCUT2D eigenvalue weighted by Gasteiger charge is -2.20. The van der Waals surface area contributed by atoms with Gasteiger partial charge in [-0.25, -0.2) is 0 Å². The summed E-state index contributed by atoms with van der Waals surface area (Å²) in [6.07, 6.45) is 4.00. The molecule has 1 saturated heterocycles. The molecule has 5 nitrogen and oxygen atoms in total. The summed E-state index contributed by atoms with van der Waals surface area (Å²) in [4.78, 5) is 17.0. The van der Waals surface area contributed by atoms with Gasteiger partial charge in [0.2, 0.25) is 0 Å². The van der Waals surface area contributed by atoms with Gasteiger partial charge in [-0.1, -0.05) is 0 Å². The van der Waals surface area contributed by atoms with Crippen LogP contribution < -0.4 is 0 Å². The van der Waals surface area contributed by atoms with Crippen molar-refractivity contribution in [2.75, 3.05) is 33.9 Å². The van der Waals surface area contributed by atoms with Crippen LogP contribution in [0.3, 0.4) is 0 Å². The van der Waals surface area contributed by atoms with Crippen LogP contribution in [0.15, 0.2) is 4.99 Å². The normalized spacial score (nSPS) is 21.2. The van der Waals surface area contributed by atoms with Crippen molar-refractivity contribution in [1.82, 2.24) is 4.90 Å². The number of nitrogens with zero attached hydrogens (tertiary/aromatic N) is 2. The second-order valence-corrected chi connectivity index (χ2v) is 3.52. The molecule has 0 N–H and O–H groups in total. The monoisotopic (exact) mass is 214 g/mol. The van der Waals surface area contributed by atoms with Crippen LogP contribution in [0.5, 0.6) is 0 Å². The van der Waals surface area contributed by atoms with E-state index in [1.165, 1.54) is 7.11 Å². The zero-order valence-corrected chi connectivity index (χ0v) is 9.31. The summed E-state index contributed by atoms with van der Waals surface area (Å²) >= 11 is 0. The first-order valence-corrected chi connectivity index (χ1v) is 5.09. The SMILES string of the molecule is COC[C@@H]1CCCN1C=NCC(=O)OC. The lowest BCUT2D eigenvalue weighted by atomic mass is 10.2. The Hall–Kier alpha value is -1.10. The Labute approximate surface area is 90.1 Å². The van der Waals surface area contributed by atoms with Gasteiger partial charge >= 0.3 is 5.97 Å². The second kappa shape index (κ2) is 6.40. The van der Waals surface area contributed by atoms with Crippen molar-refractivity contribution in [2.24, 2.45) is 4.99 Å². The maximum Gasteiger partial charge on any atom is 0.327 e. The molecule has 1 rings (SSSR count). The zero-order chi connectivity index (χ0) is 11.1. The van der Waals surface area contributed by atoms with Crippen LogP contribution in [-0.2, 0) is 14.3 Å². The summed E-state index contributed by atoms with van der Waals surface area (Å²) in [5.41, 5.74) is 0. The number of aliphatic imine (C=N–C) groups is 1. The van der Waals surface area contributed by atoms with Crippen LogP contribution >= 0.6 is 0 Å². The van der Waals surface area contributed by atoms with Crippen LogP contribution in [0, 0.1) is 0 Å². The van der Waals surface area contributed by atoms with Gasteiger partial charge in [-0.3, -0.25) is 9.79 Å². The molecule has 0 spiro atoms. The number of likely N-dealkylation sites (tertiary alicyclic amines) is 1. The summed E-state index contributed by atoms with van der Waals surface area (Å²) < 4.78 is 9.60. The van der Waals surface area contributed by atoms with Gasteiger partial charge in [-0.15, -0.1) is 0 Å². The lowest BCUT2D eigenvalue weighted by Crippen LogP contribution is -2.31. The maximum absolute atomic E-state index is 10.8. The number of carbonyl (C=O) groups is 1. The Morgan fingerprint density at radius 1 is 1.60 bits per heavy atom. The summed E-state index contributed by atoms with van der Waals surface area (Å²) in [6.45, 7) is 1.79. The van der Waals surface area contributed by atoms with Gasteiger partial charge in [0.15, 0.2) is 0 Å². The first kappa shape index (κ1) is 12.0. The molecule has 0 aliphatic carbocycles.